The van der Waals surface area contributed by atoms with Crippen LogP contribution in [0.25, 0.3) is 0 Å². The number of furan rings is 1. The fourth-order valence-electron chi connectivity index (χ4n) is 3.62. The summed E-state index contributed by atoms with van der Waals surface area (Å²) in [6.07, 6.45) is 1.36. The molecule has 1 amide bonds. The summed E-state index contributed by atoms with van der Waals surface area (Å²) < 4.78 is 44.1. The van der Waals surface area contributed by atoms with Gasteiger partial charge in [0.25, 0.3) is 5.91 Å². The standard InChI is InChI=1S/C20H24N2O6S/c1-14-19(29(24,25)22-9-5-6-10-22)11-18(27-14)20(23)21(2)12-15-13-26-16-7-3-4-8-17(16)28-15/h3-4,7-8,11,15H,5-6,9-10,12-13H2,1-2H3/t15-/m0/s1. The topological polar surface area (TPSA) is 89.3 Å². The third-order valence-corrected chi connectivity index (χ3v) is 7.16. The largest absolute Gasteiger partial charge is 0.486 e. The molecule has 2 aromatic rings. The van der Waals surface area contributed by atoms with Crippen LogP contribution in [0, 0.1) is 6.92 Å². The first-order valence-electron chi connectivity index (χ1n) is 9.61. The molecule has 0 N–H and O–H groups in total. The fraction of sp³-hybridized carbons (Fsp3) is 0.450. The zero-order valence-electron chi connectivity index (χ0n) is 16.5. The molecular formula is C20H24N2O6S. The highest BCUT2D eigenvalue weighted by molar-refractivity contribution is 7.89. The molecule has 1 saturated heterocycles. The lowest BCUT2D eigenvalue weighted by Crippen LogP contribution is -2.41. The number of benzene rings is 1. The van der Waals surface area contributed by atoms with Crippen molar-refractivity contribution in [2.45, 2.75) is 30.8 Å². The van der Waals surface area contributed by atoms with E-state index in [0.29, 0.717) is 31.2 Å². The van der Waals surface area contributed by atoms with Gasteiger partial charge in [-0.25, -0.2) is 8.42 Å². The highest BCUT2D eigenvalue weighted by Gasteiger charge is 2.33. The molecule has 9 heteroatoms. The number of carbonyl (C=O) groups is 1. The average Bonchev–Trinajstić information content (AvgIpc) is 3.38. The van der Waals surface area contributed by atoms with Crippen LogP contribution >= 0.6 is 0 Å². The third kappa shape index (κ3) is 3.84. The molecule has 0 unspecified atom stereocenters. The smallest absolute Gasteiger partial charge is 0.289 e. The van der Waals surface area contributed by atoms with Crippen molar-refractivity contribution in [2.75, 3.05) is 33.3 Å². The van der Waals surface area contributed by atoms with Crippen LogP contribution in [0.3, 0.4) is 0 Å². The van der Waals surface area contributed by atoms with Crippen molar-refractivity contribution in [3.8, 4) is 11.5 Å². The summed E-state index contributed by atoms with van der Waals surface area (Å²) in [5.41, 5.74) is 0. The van der Waals surface area contributed by atoms with E-state index in [1.807, 2.05) is 24.3 Å². The lowest BCUT2D eigenvalue weighted by molar-refractivity contribution is 0.0501. The molecule has 0 spiro atoms. The molecule has 29 heavy (non-hydrogen) atoms. The second kappa shape index (κ2) is 7.72. The summed E-state index contributed by atoms with van der Waals surface area (Å²) in [6, 6.07) is 8.69. The molecule has 3 heterocycles. The Kier molecular flexibility index (Phi) is 5.26. The van der Waals surface area contributed by atoms with Crippen molar-refractivity contribution in [1.29, 1.82) is 0 Å². The number of sulfonamides is 1. The van der Waals surface area contributed by atoms with Gasteiger partial charge in [-0.1, -0.05) is 12.1 Å². The number of hydrogen-bond donors (Lipinski definition) is 0. The Morgan fingerprint density at radius 3 is 2.62 bits per heavy atom. The lowest BCUT2D eigenvalue weighted by Gasteiger charge is -2.29. The molecule has 0 aliphatic carbocycles. The fourth-order valence-corrected chi connectivity index (χ4v) is 5.30. The molecule has 0 bridgehead atoms. The highest BCUT2D eigenvalue weighted by atomic mass is 32.2. The van der Waals surface area contributed by atoms with E-state index in [9.17, 15) is 13.2 Å². The van der Waals surface area contributed by atoms with Gasteiger partial charge in [0.2, 0.25) is 10.0 Å². The monoisotopic (exact) mass is 420 g/mol. The number of hydrogen-bond acceptors (Lipinski definition) is 6. The predicted octanol–water partition coefficient (Wildman–Crippen LogP) is 2.28. The number of para-hydroxylation sites is 2. The Morgan fingerprint density at radius 1 is 1.21 bits per heavy atom. The van der Waals surface area contributed by atoms with Gasteiger partial charge in [0.1, 0.15) is 17.3 Å². The quantitative estimate of drug-likeness (QED) is 0.737. The molecule has 1 aromatic carbocycles. The van der Waals surface area contributed by atoms with Crippen molar-refractivity contribution in [1.82, 2.24) is 9.21 Å². The van der Waals surface area contributed by atoms with E-state index in [1.165, 1.54) is 15.3 Å². The second-order valence-corrected chi connectivity index (χ2v) is 9.23. The molecule has 0 saturated carbocycles. The Hall–Kier alpha value is -2.52. The molecule has 2 aliphatic heterocycles. The Balaban J connectivity index is 1.46. The van der Waals surface area contributed by atoms with E-state index in [-0.39, 0.29) is 29.1 Å². The molecule has 1 fully saturated rings. The lowest BCUT2D eigenvalue weighted by atomic mass is 10.2. The van der Waals surface area contributed by atoms with E-state index in [1.54, 1.807) is 14.0 Å². The van der Waals surface area contributed by atoms with Crippen LogP contribution in [0.4, 0.5) is 0 Å². The Morgan fingerprint density at radius 2 is 1.90 bits per heavy atom. The summed E-state index contributed by atoms with van der Waals surface area (Å²) >= 11 is 0. The van der Waals surface area contributed by atoms with Crippen LogP contribution in [-0.2, 0) is 10.0 Å². The van der Waals surface area contributed by atoms with Crippen LogP contribution in [0.15, 0.2) is 39.6 Å². The van der Waals surface area contributed by atoms with Gasteiger partial charge in [0.15, 0.2) is 23.4 Å². The molecule has 1 atom stereocenters. The number of rotatable bonds is 5. The minimum absolute atomic E-state index is 0.0000927. The van der Waals surface area contributed by atoms with Crippen LogP contribution in [-0.4, -0.2) is 62.9 Å². The van der Waals surface area contributed by atoms with Gasteiger partial charge >= 0.3 is 0 Å². The van der Waals surface area contributed by atoms with Crippen LogP contribution in [0.1, 0.15) is 29.2 Å². The first-order valence-corrected chi connectivity index (χ1v) is 11.0. The maximum Gasteiger partial charge on any atom is 0.289 e. The van der Waals surface area contributed by atoms with Crippen molar-refractivity contribution < 1.29 is 27.1 Å². The summed E-state index contributed by atoms with van der Waals surface area (Å²) in [6.45, 7) is 3.16. The maximum absolute atomic E-state index is 12.8. The van der Waals surface area contributed by atoms with Gasteiger partial charge in [0.05, 0.1) is 6.54 Å². The van der Waals surface area contributed by atoms with Crippen LogP contribution < -0.4 is 9.47 Å². The number of amides is 1. The van der Waals surface area contributed by atoms with Gasteiger partial charge in [-0.2, -0.15) is 4.31 Å². The van der Waals surface area contributed by atoms with Gasteiger partial charge in [-0.3, -0.25) is 4.79 Å². The molecule has 1 aromatic heterocycles. The minimum Gasteiger partial charge on any atom is -0.486 e. The maximum atomic E-state index is 12.8. The second-order valence-electron chi connectivity index (χ2n) is 7.33. The highest BCUT2D eigenvalue weighted by Crippen LogP contribution is 2.31. The van der Waals surface area contributed by atoms with E-state index in [4.69, 9.17) is 13.9 Å². The average molecular weight is 420 g/mol. The molecule has 4 rings (SSSR count). The third-order valence-electron chi connectivity index (χ3n) is 5.16. The van der Waals surface area contributed by atoms with E-state index < -0.39 is 15.9 Å². The van der Waals surface area contributed by atoms with Gasteiger partial charge in [0, 0.05) is 26.2 Å². The molecule has 156 valence electrons. The first kappa shape index (κ1) is 19.8. The number of ether oxygens (including phenoxy) is 2. The summed E-state index contributed by atoms with van der Waals surface area (Å²) in [4.78, 5) is 14.3. The molecule has 8 nitrogen and oxygen atoms in total. The summed E-state index contributed by atoms with van der Waals surface area (Å²) in [5.74, 6) is 1.13. The minimum atomic E-state index is -3.64. The van der Waals surface area contributed by atoms with E-state index >= 15 is 0 Å². The normalized spacial score (nSPS) is 19.3. The van der Waals surface area contributed by atoms with Gasteiger partial charge in [-0.15, -0.1) is 0 Å². The molecular weight excluding hydrogens is 396 g/mol. The van der Waals surface area contributed by atoms with Crippen LogP contribution in [0.2, 0.25) is 0 Å². The molecule has 2 aliphatic rings. The Labute approximate surface area is 170 Å². The number of nitrogens with zero attached hydrogens (tertiary/aromatic N) is 2. The predicted molar refractivity (Wildman–Crippen MR) is 105 cm³/mol. The number of carbonyl (C=O) groups excluding carboxylic acids is 1. The first-order chi connectivity index (χ1) is 13.9. The van der Waals surface area contributed by atoms with Crippen molar-refractivity contribution in [3.63, 3.8) is 0 Å². The zero-order chi connectivity index (χ0) is 20.6. The number of fused-ring (bicyclic) bond motifs is 1. The van der Waals surface area contributed by atoms with Gasteiger partial charge in [-0.05, 0) is 31.9 Å². The van der Waals surface area contributed by atoms with E-state index in [0.717, 1.165) is 12.8 Å². The van der Waals surface area contributed by atoms with E-state index in [2.05, 4.69) is 0 Å². The van der Waals surface area contributed by atoms with Crippen LogP contribution in [0.5, 0.6) is 11.5 Å². The zero-order valence-corrected chi connectivity index (χ0v) is 17.3. The SMILES string of the molecule is Cc1oc(C(=O)N(C)C[C@H]2COc3ccccc3O2)cc1S(=O)(=O)N1CCCC1. The van der Waals surface area contributed by atoms with Gasteiger partial charge < -0.3 is 18.8 Å². The number of aryl methyl sites for hydroxylation is 1. The van der Waals surface area contributed by atoms with Crippen molar-refractivity contribution in [2.24, 2.45) is 0 Å². The number of likely N-dealkylation sites (N-methyl/N-ethyl adjacent to an activating group) is 1. The van der Waals surface area contributed by atoms with Crippen molar-refractivity contribution in [3.05, 3.63) is 41.9 Å². The Bertz CT molecular complexity index is 1010. The van der Waals surface area contributed by atoms with Crippen molar-refractivity contribution >= 4 is 15.9 Å². The summed E-state index contributed by atoms with van der Waals surface area (Å²) in [5, 5.41) is 0. The molecule has 0 radical (unpaired) electrons. The summed E-state index contributed by atoms with van der Waals surface area (Å²) in [7, 11) is -2.02.